The molecule has 16 heteroatoms. The van der Waals surface area contributed by atoms with E-state index in [-0.39, 0.29) is 23.1 Å². The Bertz CT molecular complexity index is 3470. The first kappa shape index (κ1) is 98.2. The Hall–Kier alpha value is -0.961. The Morgan fingerprint density at radius 1 is 0.410 bits per heavy atom. The van der Waals surface area contributed by atoms with Crippen molar-refractivity contribution in [1.29, 1.82) is 0 Å². The summed E-state index contributed by atoms with van der Waals surface area (Å²) in [5.74, 6) is 11.4. The molecular weight excluding hydrogens is 1430 g/mol. The monoisotopic (exact) mass is 1620 g/mol. The molecule has 0 N–H and O–H groups in total. The smallest absolute Gasteiger partial charge is 0.358 e. The zero-order valence-corrected chi connectivity index (χ0v) is 84.9. The molecule has 17 rings (SSSR count). The van der Waals surface area contributed by atoms with Crippen LogP contribution in [0.4, 0.5) is 8.78 Å². The van der Waals surface area contributed by atoms with E-state index in [0.717, 1.165) is 95.8 Å². The number of allylic oxidation sites excluding steroid dienone is 2. The van der Waals surface area contributed by atoms with Crippen molar-refractivity contribution in [3.63, 3.8) is 0 Å². The van der Waals surface area contributed by atoms with E-state index >= 15 is 0 Å². The maximum absolute atomic E-state index is 13.9. The van der Waals surface area contributed by atoms with Crippen molar-refractivity contribution in [2.24, 2.45) is 146 Å². The minimum absolute atomic E-state index is 0.0565. The molecule has 8 aliphatic heterocycles. The molecule has 7 saturated heterocycles. The first-order valence-electron chi connectivity index (χ1n) is 49.1. The summed E-state index contributed by atoms with van der Waals surface area (Å²) in [5, 5.41) is 0. The highest BCUT2D eigenvalue weighted by Gasteiger charge is 2.75. The SMILES string of the molecule is C=C1CC2C(B(C)O1)C(C)(C)C2(C)C.C=CCC1CC2C(B(C)O1)C(C)(C)C2(C)C.CB1CCC(F)(F)C2C1C(C)(C)C2(C)C.CB1CCCC2C1C(C)(C)C2(C)C.CB1OC(C(C)C)CC2C1C(C)(C)C2(C)C.CB1OC(C)CC2C1C(C)(C)C2(C)C.CB1OC(C2CC2)CC2C1C(C)(C)C2(C)C.CB1OC=CC2C1C(C)(C)C2(C)C. The van der Waals surface area contributed by atoms with Gasteiger partial charge >= 0.3 is 13.8 Å². The van der Waals surface area contributed by atoms with Gasteiger partial charge in [0.15, 0.2) is 0 Å². The Labute approximate surface area is 727 Å². The van der Waals surface area contributed by atoms with Gasteiger partial charge in [0, 0.05) is 43.2 Å². The van der Waals surface area contributed by atoms with Crippen LogP contribution in [0.25, 0.3) is 0 Å². The normalized spacial score (nSPS) is 41.1. The fraction of sp³-hybridized carbons (Fsp3) is 0.941. The molecule has 16 fully saturated rings. The average molecular weight is 1620 g/mol. The van der Waals surface area contributed by atoms with Crippen LogP contribution in [0.3, 0.4) is 0 Å². The standard InChI is InChI=1S/C14H25BO.C14H27BO.C14H25BO.C12H21BF2.C12H23BO.C12H21BO.C12H23B.C11H19BO/c1-13(2)10-8-11(9-6-7-9)16-15(5)12(10)14(13,3)4;1-9(2)11-8-10-12(15(7)16-11)14(5,6)13(10,3)4;1-7-8-10-9-11-12(15(6)16-10)14(4,5)13(11,2)3;1-10(2)8-9(11(10,3)4)13(5)7-6-12(8,14)15;2*1-8-7-9-10(13(6)14-8)12(4,5)11(9,2)3;1-11(2)9-7-6-8-13(5)10(9)12(11,3)4;1-10(2)8-6-7-13-12(5)9(8)11(10,3)4/h9-12H,6-8H2,1-5H3;9-12H,8H2,1-7H3;7,10-12H,1,8-9H2,2-6H3;8-9H,6-7H2,1-5H3;8-10H,7H2,1-6H3;9-10H,1,7H2,2-6H3;9-10H,6-8H2,1-5H3;6-9H,1-5H3. The number of hydrogen-bond acceptors (Lipinski definition) is 6. The number of fused-ring (bicyclic) bond motifs is 8. The fourth-order valence-corrected chi connectivity index (χ4v) is 32.3. The van der Waals surface area contributed by atoms with Crippen molar-refractivity contribution in [1.82, 2.24) is 0 Å². The summed E-state index contributed by atoms with van der Waals surface area (Å²) in [4.78, 5) is 0. The first-order chi connectivity index (χ1) is 52.8. The van der Waals surface area contributed by atoms with Crippen LogP contribution in [-0.4, -0.2) is 85.3 Å². The maximum atomic E-state index is 13.9. The van der Waals surface area contributed by atoms with Crippen LogP contribution in [0.2, 0.25) is 114 Å². The highest BCUT2D eigenvalue weighted by Crippen LogP contribution is 2.79. The Kier molecular flexibility index (Phi) is 26.9. The van der Waals surface area contributed by atoms with E-state index in [1.807, 2.05) is 26.2 Å². The van der Waals surface area contributed by atoms with E-state index in [1.54, 1.807) is 0 Å². The molecule has 9 saturated carbocycles. The molecule has 0 aromatic heterocycles. The third-order valence-electron chi connectivity index (χ3n) is 44.7. The van der Waals surface area contributed by atoms with Gasteiger partial charge in [-0.25, -0.2) is 8.78 Å². The van der Waals surface area contributed by atoms with Gasteiger partial charge in [-0.3, -0.25) is 0 Å². The van der Waals surface area contributed by atoms with E-state index in [2.05, 4.69) is 302 Å². The van der Waals surface area contributed by atoms with E-state index in [0.29, 0.717) is 178 Å². The molecule has 20 atom stereocenters. The molecule has 0 spiro atoms. The summed E-state index contributed by atoms with van der Waals surface area (Å²) in [5.41, 5.74) is 6.31. The predicted molar refractivity (Wildman–Crippen MR) is 511 cm³/mol. The van der Waals surface area contributed by atoms with Crippen molar-refractivity contribution in [2.75, 3.05) is 0 Å². The molecule has 8 heterocycles. The van der Waals surface area contributed by atoms with Crippen molar-refractivity contribution < 1.29 is 36.7 Å². The Balaban J connectivity index is 0.000000141. The first-order valence-corrected chi connectivity index (χ1v) is 49.1. The lowest BCUT2D eigenvalue weighted by molar-refractivity contribution is -0.222. The van der Waals surface area contributed by atoms with Gasteiger partial charge in [0.1, 0.15) is 13.4 Å². The number of alkyl halides is 2. The Morgan fingerprint density at radius 2 is 0.803 bits per heavy atom. The van der Waals surface area contributed by atoms with Crippen LogP contribution in [0.5, 0.6) is 0 Å². The van der Waals surface area contributed by atoms with Gasteiger partial charge in [-0.1, -0.05) is 320 Å². The van der Waals surface area contributed by atoms with Crippen LogP contribution in [0.1, 0.15) is 313 Å². The van der Waals surface area contributed by atoms with E-state index in [9.17, 15) is 8.78 Å². The van der Waals surface area contributed by atoms with Gasteiger partial charge in [-0.15, -0.1) is 6.58 Å². The lowest BCUT2D eigenvalue weighted by Gasteiger charge is -2.70. The van der Waals surface area contributed by atoms with Gasteiger partial charge in [-0.05, 0) is 252 Å². The van der Waals surface area contributed by atoms with Gasteiger partial charge in [0.05, 0.1) is 12.0 Å². The number of rotatable bonds is 4. The van der Waals surface area contributed by atoms with Crippen LogP contribution >= 0.6 is 0 Å². The minimum Gasteiger partial charge on any atom is -0.566 e. The Morgan fingerprint density at radius 3 is 1.26 bits per heavy atom. The molecule has 9 aliphatic carbocycles. The summed E-state index contributed by atoms with van der Waals surface area (Å²) >= 11 is 0. The third-order valence-corrected chi connectivity index (χ3v) is 44.7. The van der Waals surface area contributed by atoms with E-state index < -0.39 is 11.8 Å². The van der Waals surface area contributed by atoms with Crippen molar-refractivity contribution >= 4 is 54.9 Å². The van der Waals surface area contributed by atoms with Crippen LogP contribution < -0.4 is 0 Å². The molecule has 17 aliphatic rings. The lowest BCUT2D eigenvalue weighted by atomic mass is 9.19. The average Bonchev–Trinajstić information content (AvgIpc) is 1.45. The van der Waals surface area contributed by atoms with Crippen molar-refractivity contribution in [2.45, 2.75) is 457 Å². The quantitative estimate of drug-likeness (QED) is 0.207. The predicted octanol–water partition coefficient (Wildman–Crippen LogP) is 30.4. The lowest BCUT2D eigenvalue weighted by Crippen LogP contribution is -2.67. The maximum Gasteiger partial charge on any atom is 0.358 e. The van der Waals surface area contributed by atoms with Crippen molar-refractivity contribution in [3.8, 4) is 0 Å². The number of halogens is 2. The molecule has 0 amide bonds. The second-order valence-electron chi connectivity index (χ2n) is 53.2. The fourth-order valence-electron chi connectivity index (χ4n) is 32.3. The van der Waals surface area contributed by atoms with Crippen LogP contribution in [0, 0.1) is 146 Å². The molecule has 662 valence electrons. The summed E-state index contributed by atoms with van der Waals surface area (Å²) < 4.78 is 63.7. The zero-order chi connectivity index (χ0) is 89.0. The topological polar surface area (TPSA) is 55.4 Å². The molecular formula is C101H184B8F2O6. The minimum atomic E-state index is -2.43. The second kappa shape index (κ2) is 32.1. The number of hydrogen-bond donors (Lipinski definition) is 0. The molecule has 6 nitrogen and oxygen atoms in total. The van der Waals surface area contributed by atoms with Crippen molar-refractivity contribution in [3.05, 3.63) is 37.3 Å². The van der Waals surface area contributed by atoms with Crippen LogP contribution in [0.15, 0.2) is 37.3 Å². The summed E-state index contributed by atoms with van der Waals surface area (Å²) in [6.45, 7) is 113. The highest BCUT2D eigenvalue weighted by molar-refractivity contribution is 6.60. The molecule has 0 radical (unpaired) electrons. The molecule has 117 heavy (non-hydrogen) atoms. The summed E-state index contributed by atoms with van der Waals surface area (Å²) in [7, 11) is 0. The molecule has 20 unspecified atom stereocenters. The molecule has 0 bridgehead atoms. The highest BCUT2D eigenvalue weighted by atomic mass is 19.3. The summed E-state index contributed by atoms with van der Waals surface area (Å²) in [6.07, 6.45) is 23.3. The largest absolute Gasteiger partial charge is 0.566 e. The summed E-state index contributed by atoms with van der Waals surface area (Å²) in [6, 6.07) is 0. The van der Waals surface area contributed by atoms with Gasteiger partial charge < -0.3 is 27.9 Å². The second-order valence-corrected chi connectivity index (χ2v) is 53.2. The van der Waals surface area contributed by atoms with E-state index in [4.69, 9.17) is 27.9 Å². The molecule has 0 aromatic rings. The molecule has 0 aromatic carbocycles. The van der Waals surface area contributed by atoms with Gasteiger partial charge in [0.2, 0.25) is 5.92 Å². The van der Waals surface area contributed by atoms with Crippen LogP contribution in [-0.2, 0) is 27.9 Å². The van der Waals surface area contributed by atoms with Gasteiger partial charge in [0.25, 0.3) is 27.7 Å². The third kappa shape index (κ3) is 15.4. The zero-order valence-electron chi connectivity index (χ0n) is 84.9. The van der Waals surface area contributed by atoms with E-state index in [1.165, 1.54) is 57.7 Å². The van der Waals surface area contributed by atoms with Gasteiger partial charge in [-0.2, -0.15) is 0 Å².